The maximum atomic E-state index is 12.8. The van der Waals surface area contributed by atoms with E-state index in [0.29, 0.717) is 17.5 Å². The van der Waals surface area contributed by atoms with Gasteiger partial charge in [-0.2, -0.15) is 0 Å². The van der Waals surface area contributed by atoms with Crippen molar-refractivity contribution in [2.45, 2.75) is 50.6 Å². The Hall–Kier alpha value is -1.84. The summed E-state index contributed by atoms with van der Waals surface area (Å²) in [6.45, 7) is 3.88. The fourth-order valence-electron chi connectivity index (χ4n) is 3.47. The Labute approximate surface area is 118 Å². The van der Waals surface area contributed by atoms with E-state index in [1.807, 2.05) is 24.8 Å². The summed E-state index contributed by atoms with van der Waals surface area (Å²) in [6, 6.07) is 7.35. The number of hydrogen-bond donors (Lipinski definition) is 1. The zero-order valence-corrected chi connectivity index (χ0v) is 11.8. The third kappa shape index (κ3) is 1.67. The van der Waals surface area contributed by atoms with Crippen LogP contribution >= 0.6 is 0 Å². The first-order chi connectivity index (χ1) is 9.50. The van der Waals surface area contributed by atoms with Crippen LogP contribution in [-0.2, 0) is 4.79 Å². The average Bonchev–Trinajstić information content (AvgIpc) is 3.23. The molecule has 3 rings (SSSR count). The van der Waals surface area contributed by atoms with Gasteiger partial charge < -0.3 is 10.0 Å². The number of benzene rings is 1. The minimum atomic E-state index is -0.847. The van der Waals surface area contributed by atoms with Crippen LogP contribution in [0.4, 0.5) is 0 Å². The fraction of sp³-hybridized carbons (Fsp3) is 0.500. The van der Waals surface area contributed by atoms with Crippen molar-refractivity contribution in [2.24, 2.45) is 0 Å². The van der Waals surface area contributed by atoms with Crippen LogP contribution < -0.4 is 0 Å². The van der Waals surface area contributed by atoms with Gasteiger partial charge in [-0.05, 0) is 37.8 Å². The van der Waals surface area contributed by atoms with Crippen molar-refractivity contribution in [3.05, 3.63) is 35.4 Å². The highest BCUT2D eigenvalue weighted by Gasteiger charge is 2.54. The fourth-order valence-corrected chi connectivity index (χ4v) is 3.47. The summed E-state index contributed by atoms with van der Waals surface area (Å²) in [7, 11) is 0. The monoisotopic (exact) mass is 273 g/mol. The second-order valence-corrected chi connectivity index (χ2v) is 5.98. The van der Waals surface area contributed by atoms with Crippen molar-refractivity contribution in [3.63, 3.8) is 0 Å². The SMILES string of the molecule is CCC1(C)C(C(=O)O)c2ccccc2C(=O)N1C1CC1. The van der Waals surface area contributed by atoms with Gasteiger partial charge in [-0.3, -0.25) is 9.59 Å². The Bertz CT molecular complexity index is 579. The quantitative estimate of drug-likeness (QED) is 0.921. The lowest BCUT2D eigenvalue weighted by Gasteiger charge is -2.49. The normalized spacial score (nSPS) is 29.2. The van der Waals surface area contributed by atoms with Gasteiger partial charge in [-0.15, -0.1) is 0 Å². The number of carbonyl (C=O) groups excluding carboxylic acids is 1. The lowest BCUT2D eigenvalue weighted by Crippen LogP contribution is -2.59. The van der Waals surface area contributed by atoms with Crippen LogP contribution in [0.1, 0.15) is 54.9 Å². The molecule has 20 heavy (non-hydrogen) atoms. The molecule has 1 saturated carbocycles. The summed E-state index contributed by atoms with van der Waals surface area (Å²) < 4.78 is 0. The molecule has 1 aliphatic heterocycles. The lowest BCUT2D eigenvalue weighted by atomic mass is 9.72. The molecule has 1 aromatic carbocycles. The first kappa shape index (κ1) is 13.2. The van der Waals surface area contributed by atoms with Gasteiger partial charge in [-0.25, -0.2) is 0 Å². The molecule has 1 N–H and O–H groups in total. The van der Waals surface area contributed by atoms with Gasteiger partial charge in [0, 0.05) is 11.6 Å². The molecule has 2 aliphatic rings. The van der Waals surface area contributed by atoms with E-state index in [2.05, 4.69) is 0 Å². The molecule has 0 saturated heterocycles. The number of carbonyl (C=O) groups is 2. The van der Waals surface area contributed by atoms with Gasteiger partial charge in [0.25, 0.3) is 5.91 Å². The number of carboxylic acids is 1. The van der Waals surface area contributed by atoms with Gasteiger partial charge >= 0.3 is 5.97 Å². The molecular weight excluding hydrogens is 254 g/mol. The second kappa shape index (κ2) is 4.33. The van der Waals surface area contributed by atoms with Crippen LogP contribution in [0, 0.1) is 0 Å². The third-order valence-corrected chi connectivity index (χ3v) is 4.77. The molecule has 2 atom stereocenters. The highest BCUT2D eigenvalue weighted by atomic mass is 16.4. The number of carboxylic acid groups (broad SMARTS) is 1. The predicted octanol–water partition coefficient (Wildman–Crippen LogP) is 2.64. The van der Waals surface area contributed by atoms with E-state index >= 15 is 0 Å². The van der Waals surface area contributed by atoms with Gasteiger partial charge in [0.15, 0.2) is 0 Å². The van der Waals surface area contributed by atoms with Crippen molar-refractivity contribution in [1.82, 2.24) is 4.90 Å². The highest BCUT2D eigenvalue weighted by Crippen LogP contribution is 2.47. The minimum absolute atomic E-state index is 0.00931. The van der Waals surface area contributed by atoms with Crippen LogP contribution in [0.5, 0.6) is 0 Å². The van der Waals surface area contributed by atoms with Crippen molar-refractivity contribution in [3.8, 4) is 0 Å². The summed E-state index contributed by atoms with van der Waals surface area (Å²) >= 11 is 0. The first-order valence-electron chi connectivity index (χ1n) is 7.16. The summed E-state index contributed by atoms with van der Waals surface area (Å²) in [5.74, 6) is -1.51. The Morgan fingerprint density at radius 1 is 1.40 bits per heavy atom. The molecule has 1 fully saturated rings. The molecule has 0 bridgehead atoms. The lowest BCUT2D eigenvalue weighted by molar-refractivity contribution is -0.142. The number of fused-ring (bicyclic) bond motifs is 1. The zero-order valence-electron chi connectivity index (χ0n) is 11.8. The average molecular weight is 273 g/mol. The van der Waals surface area contributed by atoms with Crippen LogP contribution in [0.25, 0.3) is 0 Å². The topological polar surface area (TPSA) is 57.6 Å². The summed E-state index contributed by atoms with van der Waals surface area (Å²) in [5, 5.41) is 9.72. The summed E-state index contributed by atoms with van der Waals surface area (Å²) in [6.07, 6.45) is 2.60. The number of rotatable bonds is 3. The van der Waals surface area contributed by atoms with E-state index in [-0.39, 0.29) is 11.9 Å². The largest absolute Gasteiger partial charge is 0.481 e. The Balaban J connectivity index is 2.22. The van der Waals surface area contributed by atoms with Crippen molar-refractivity contribution in [1.29, 1.82) is 0 Å². The number of hydrogen-bond acceptors (Lipinski definition) is 2. The Kier molecular flexibility index (Phi) is 2.85. The predicted molar refractivity (Wildman–Crippen MR) is 74.7 cm³/mol. The number of nitrogens with zero attached hydrogens (tertiary/aromatic N) is 1. The number of aliphatic carboxylic acids is 1. The molecular formula is C16H19NO3. The van der Waals surface area contributed by atoms with Crippen molar-refractivity contribution >= 4 is 11.9 Å². The Morgan fingerprint density at radius 3 is 2.60 bits per heavy atom. The molecule has 4 nitrogen and oxygen atoms in total. The molecule has 0 aromatic heterocycles. The van der Waals surface area contributed by atoms with Crippen molar-refractivity contribution in [2.75, 3.05) is 0 Å². The van der Waals surface area contributed by atoms with E-state index < -0.39 is 17.4 Å². The molecule has 1 aliphatic carbocycles. The molecule has 4 heteroatoms. The van der Waals surface area contributed by atoms with Crippen LogP contribution in [0.3, 0.4) is 0 Å². The number of amides is 1. The summed E-state index contributed by atoms with van der Waals surface area (Å²) in [4.78, 5) is 26.5. The van der Waals surface area contributed by atoms with Crippen LogP contribution in [0.15, 0.2) is 24.3 Å². The molecule has 0 spiro atoms. The van der Waals surface area contributed by atoms with E-state index in [4.69, 9.17) is 0 Å². The van der Waals surface area contributed by atoms with Gasteiger partial charge in [-0.1, -0.05) is 25.1 Å². The minimum Gasteiger partial charge on any atom is -0.481 e. The smallest absolute Gasteiger partial charge is 0.313 e. The van der Waals surface area contributed by atoms with Gasteiger partial charge in [0.2, 0.25) is 0 Å². The van der Waals surface area contributed by atoms with Crippen LogP contribution in [-0.4, -0.2) is 33.5 Å². The molecule has 106 valence electrons. The molecule has 1 heterocycles. The van der Waals surface area contributed by atoms with Gasteiger partial charge in [0.1, 0.15) is 5.92 Å². The second-order valence-electron chi connectivity index (χ2n) is 5.98. The van der Waals surface area contributed by atoms with Crippen molar-refractivity contribution < 1.29 is 14.7 Å². The van der Waals surface area contributed by atoms with E-state index in [9.17, 15) is 14.7 Å². The third-order valence-electron chi connectivity index (χ3n) is 4.77. The molecule has 1 amide bonds. The zero-order chi connectivity index (χ0) is 14.5. The van der Waals surface area contributed by atoms with E-state index in [1.165, 1.54) is 0 Å². The standard InChI is InChI=1S/C16H19NO3/c1-3-16(2)13(15(19)20)11-6-4-5-7-12(11)14(18)17(16)10-8-9-10/h4-7,10,13H,3,8-9H2,1-2H3,(H,19,20). The van der Waals surface area contributed by atoms with E-state index in [0.717, 1.165) is 12.8 Å². The van der Waals surface area contributed by atoms with E-state index in [1.54, 1.807) is 18.2 Å². The summed E-state index contributed by atoms with van der Waals surface area (Å²) in [5.41, 5.74) is 0.572. The first-order valence-corrected chi connectivity index (χ1v) is 7.16. The van der Waals surface area contributed by atoms with Crippen LogP contribution in [0.2, 0.25) is 0 Å². The Morgan fingerprint density at radius 2 is 2.05 bits per heavy atom. The maximum absolute atomic E-state index is 12.8. The van der Waals surface area contributed by atoms with Gasteiger partial charge in [0.05, 0.1) is 5.54 Å². The highest BCUT2D eigenvalue weighted by molar-refractivity contribution is 6.01. The molecule has 0 radical (unpaired) electrons. The molecule has 2 unspecified atom stereocenters. The molecule has 1 aromatic rings. The maximum Gasteiger partial charge on any atom is 0.313 e.